The molecule has 0 unspecified atom stereocenters. The predicted octanol–water partition coefficient (Wildman–Crippen LogP) is 0.397. The number of hydrogen-bond acceptors (Lipinski definition) is 3. The van der Waals surface area contributed by atoms with Gasteiger partial charge in [-0.1, -0.05) is 60.7 Å². The van der Waals surface area contributed by atoms with Crippen LogP contribution in [0.5, 0.6) is 0 Å². The van der Waals surface area contributed by atoms with Gasteiger partial charge in [0.05, 0.1) is 26.2 Å². The van der Waals surface area contributed by atoms with Crippen molar-refractivity contribution in [2.45, 2.75) is 6.04 Å². The molecule has 2 aliphatic heterocycles. The van der Waals surface area contributed by atoms with Crippen molar-refractivity contribution in [1.82, 2.24) is 14.7 Å². The molecule has 4 amide bonds. The summed E-state index contributed by atoms with van der Waals surface area (Å²) in [5.41, 5.74) is 2.52. The molecule has 30 heavy (non-hydrogen) atoms. The third-order valence-electron chi connectivity index (χ3n) is 5.96. The summed E-state index contributed by atoms with van der Waals surface area (Å²) in [5.74, 6) is -0.477. The highest BCUT2D eigenvalue weighted by molar-refractivity contribution is 6.04. The van der Waals surface area contributed by atoms with Gasteiger partial charge in [0.15, 0.2) is 0 Å². The topological polar surface area (TPSA) is 65.4 Å². The standard InChI is InChI=1S/C23H26N4O3/c1-24-16-21(29)27(23(24)30)17-20(28)25-12-14-26(15-13-25)22(18-8-4-2-5-9-18)19-10-6-3-7-11-19/h2-11,22H,12-17H2,1H3/p+1. The number of benzene rings is 2. The van der Waals surface area contributed by atoms with Crippen molar-refractivity contribution in [3.8, 4) is 0 Å². The molecule has 0 spiro atoms. The van der Waals surface area contributed by atoms with Crippen LogP contribution in [0.2, 0.25) is 0 Å². The van der Waals surface area contributed by atoms with E-state index in [9.17, 15) is 14.4 Å². The number of quaternary nitrogens is 1. The summed E-state index contributed by atoms with van der Waals surface area (Å²) in [6.45, 7) is 2.70. The number of amides is 4. The molecule has 2 saturated heterocycles. The van der Waals surface area contributed by atoms with E-state index in [0.29, 0.717) is 13.1 Å². The quantitative estimate of drug-likeness (QED) is 0.730. The van der Waals surface area contributed by atoms with Crippen molar-refractivity contribution in [1.29, 1.82) is 0 Å². The summed E-state index contributed by atoms with van der Waals surface area (Å²) in [5, 5.41) is 0. The first-order chi connectivity index (χ1) is 14.5. The van der Waals surface area contributed by atoms with Crippen LogP contribution < -0.4 is 4.90 Å². The van der Waals surface area contributed by atoms with Gasteiger partial charge in [-0.15, -0.1) is 0 Å². The summed E-state index contributed by atoms with van der Waals surface area (Å²) in [6, 6.07) is 20.7. The molecular weight excluding hydrogens is 380 g/mol. The minimum Gasteiger partial charge on any atom is -0.330 e. The smallest absolute Gasteiger partial charge is 0.327 e. The third kappa shape index (κ3) is 4.07. The van der Waals surface area contributed by atoms with E-state index in [2.05, 4.69) is 48.5 Å². The number of carbonyl (C=O) groups is 3. The first-order valence-corrected chi connectivity index (χ1v) is 10.3. The Balaban J connectivity index is 1.43. The highest BCUT2D eigenvalue weighted by Crippen LogP contribution is 2.19. The van der Waals surface area contributed by atoms with E-state index >= 15 is 0 Å². The zero-order chi connectivity index (χ0) is 21.1. The van der Waals surface area contributed by atoms with Crippen LogP contribution >= 0.6 is 0 Å². The Labute approximate surface area is 176 Å². The summed E-state index contributed by atoms with van der Waals surface area (Å²) >= 11 is 0. The molecule has 0 radical (unpaired) electrons. The molecule has 4 rings (SSSR count). The second-order valence-corrected chi connectivity index (χ2v) is 7.91. The Morgan fingerprint density at radius 2 is 1.47 bits per heavy atom. The first kappa shape index (κ1) is 20.1. The SMILES string of the molecule is CN1CC(=O)N(CC(=O)N2CC[NH+](C(c3ccccc3)c3ccccc3)CC2)C1=O. The maximum atomic E-state index is 12.7. The molecule has 1 N–H and O–H groups in total. The fraction of sp³-hybridized carbons (Fsp3) is 0.348. The maximum Gasteiger partial charge on any atom is 0.327 e. The molecular formula is C23H27N4O3+. The fourth-order valence-corrected chi connectivity index (χ4v) is 4.35. The molecule has 0 bridgehead atoms. The van der Waals surface area contributed by atoms with Crippen molar-refractivity contribution in [2.75, 3.05) is 46.3 Å². The average molecular weight is 407 g/mol. The van der Waals surface area contributed by atoms with Gasteiger partial charge in [0.2, 0.25) is 5.91 Å². The first-order valence-electron chi connectivity index (χ1n) is 10.3. The maximum absolute atomic E-state index is 12.7. The van der Waals surface area contributed by atoms with E-state index in [1.54, 1.807) is 11.9 Å². The number of likely N-dealkylation sites (N-methyl/N-ethyl adjacent to an activating group) is 1. The van der Waals surface area contributed by atoms with Crippen LogP contribution in [0.1, 0.15) is 17.2 Å². The molecule has 0 aliphatic carbocycles. The van der Waals surface area contributed by atoms with Gasteiger partial charge in [0.1, 0.15) is 19.1 Å². The molecule has 2 fully saturated rings. The van der Waals surface area contributed by atoms with Crippen molar-refractivity contribution in [2.24, 2.45) is 0 Å². The molecule has 2 aromatic carbocycles. The molecule has 7 heteroatoms. The lowest BCUT2D eigenvalue weighted by Gasteiger charge is -2.37. The van der Waals surface area contributed by atoms with Gasteiger partial charge in [-0.2, -0.15) is 0 Å². The summed E-state index contributed by atoms with van der Waals surface area (Å²) < 4.78 is 0. The van der Waals surface area contributed by atoms with Crippen LogP contribution in [0.25, 0.3) is 0 Å². The summed E-state index contributed by atoms with van der Waals surface area (Å²) in [6.07, 6.45) is 0. The third-order valence-corrected chi connectivity index (χ3v) is 5.96. The minimum absolute atomic E-state index is 0.0415. The van der Waals surface area contributed by atoms with Gasteiger partial charge >= 0.3 is 6.03 Å². The Morgan fingerprint density at radius 3 is 1.93 bits per heavy atom. The Bertz CT molecular complexity index is 871. The van der Waals surface area contributed by atoms with E-state index in [1.165, 1.54) is 20.9 Å². The van der Waals surface area contributed by atoms with Gasteiger partial charge in [-0.25, -0.2) is 4.79 Å². The van der Waals surface area contributed by atoms with E-state index in [1.807, 2.05) is 12.1 Å². The molecule has 2 aromatic rings. The Hall–Kier alpha value is -3.19. The second kappa shape index (κ2) is 8.67. The number of carbonyl (C=O) groups excluding carboxylic acids is 3. The molecule has 0 saturated carbocycles. The van der Waals surface area contributed by atoms with Crippen LogP contribution in [0.4, 0.5) is 4.79 Å². The number of piperazine rings is 1. The second-order valence-electron chi connectivity index (χ2n) is 7.91. The average Bonchev–Trinajstić information content (AvgIpc) is 3.02. The van der Waals surface area contributed by atoms with Crippen molar-refractivity contribution >= 4 is 17.8 Å². The van der Waals surface area contributed by atoms with Gasteiger partial charge in [0, 0.05) is 18.2 Å². The minimum atomic E-state index is -0.397. The van der Waals surface area contributed by atoms with Crippen molar-refractivity contribution in [3.05, 3.63) is 71.8 Å². The predicted molar refractivity (Wildman–Crippen MR) is 112 cm³/mol. The van der Waals surface area contributed by atoms with Gasteiger partial charge in [-0.3, -0.25) is 14.5 Å². The Kier molecular flexibility index (Phi) is 5.81. The fourth-order valence-electron chi connectivity index (χ4n) is 4.35. The van der Waals surface area contributed by atoms with Gasteiger partial charge in [0.25, 0.3) is 5.91 Å². The normalized spacial score (nSPS) is 17.9. The zero-order valence-corrected chi connectivity index (χ0v) is 17.2. The van der Waals surface area contributed by atoms with Crippen LogP contribution in [0, 0.1) is 0 Å². The number of urea groups is 1. The number of imide groups is 1. The summed E-state index contributed by atoms with van der Waals surface area (Å²) in [7, 11) is 1.57. The number of rotatable bonds is 5. The van der Waals surface area contributed by atoms with Gasteiger partial charge < -0.3 is 14.7 Å². The molecule has 7 nitrogen and oxygen atoms in total. The van der Waals surface area contributed by atoms with E-state index in [-0.39, 0.29) is 30.9 Å². The monoisotopic (exact) mass is 407 g/mol. The largest absolute Gasteiger partial charge is 0.330 e. The highest BCUT2D eigenvalue weighted by atomic mass is 16.2. The lowest BCUT2D eigenvalue weighted by molar-refractivity contribution is -0.929. The van der Waals surface area contributed by atoms with Crippen molar-refractivity contribution in [3.63, 3.8) is 0 Å². The van der Waals surface area contributed by atoms with Crippen LogP contribution in [-0.2, 0) is 9.59 Å². The van der Waals surface area contributed by atoms with E-state index < -0.39 is 6.03 Å². The highest BCUT2D eigenvalue weighted by Gasteiger charge is 2.37. The molecule has 0 atom stereocenters. The number of nitrogens with zero attached hydrogens (tertiary/aromatic N) is 3. The van der Waals surface area contributed by atoms with Crippen LogP contribution in [0.3, 0.4) is 0 Å². The number of hydrogen-bond donors (Lipinski definition) is 1. The van der Waals surface area contributed by atoms with Gasteiger partial charge in [-0.05, 0) is 0 Å². The molecule has 156 valence electrons. The van der Waals surface area contributed by atoms with E-state index in [0.717, 1.165) is 18.0 Å². The zero-order valence-electron chi connectivity index (χ0n) is 17.2. The molecule has 2 aliphatic rings. The number of nitrogens with one attached hydrogen (secondary N) is 1. The van der Waals surface area contributed by atoms with Crippen LogP contribution in [0.15, 0.2) is 60.7 Å². The van der Waals surface area contributed by atoms with Crippen molar-refractivity contribution < 1.29 is 19.3 Å². The van der Waals surface area contributed by atoms with E-state index in [4.69, 9.17) is 0 Å². The Morgan fingerprint density at radius 1 is 0.933 bits per heavy atom. The lowest BCUT2D eigenvalue weighted by Crippen LogP contribution is -3.15. The van der Waals surface area contributed by atoms with Crippen LogP contribution in [-0.4, -0.2) is 78.9 Å². The summed E-state index contributed by atoms with van der Waals surface area (Å²) in [4.78, 5) is 42.3. The lowest BCUT2D eigenvalue weighted by atomic mass is 9.96. The molecule has 2 heterocycles. The molecule has 0 aromatic heterocycles.